The van der Waals surface area contributed by atoms with Crippen LogP contribution in [0.25, 0.3) is 11.3 Å². The van der Waals surface area contributed by atoms with Gasteiger partial charge in [0.15, 0.2) is 5.76 Å². The molecule has 0 saturated carbocycles. The van der Waals surface area contributed by atoms with Crippen molar-refractivity contribution in [1.82, 2.24) is 10.5 Å². The second kappa shape index (κ2) is 8.11. The van der Waals surface area contributed by atoms with Crippen LogP contribution in [0.2, 0.25) is 0 Å². The maximum Gasteiger partial charge on any atom is 0.325 e. The number of ether oxygens (including phenoxy) is 1. The molecular formula is C20H18N2O4. The van der Waals surface area contributed by atoms with Crippen LogP contribution in [0, 0.1) is 6.92 Å². The van der Waals surface area contributed by atoms with Crippen molar-refractivity contribution in [3.63, 3.8) is 0 Å². The molecule has 3 aromatic rings. The van der Waals surface area contributed by atoms with Crippen LogP contribution >= 0.6 is 0 Å². The predicted octanol–water partition coefficient (Wildman–Crippen LogP) is 3.12. The van der Waals surface area contributed by atoms with Gasteiger partial charge in [0, 0.05) is 17.2 Å². The van der Waals surface area contributed by atoms with E-state index in [1.165, 1.54) is 0 Å². The number of hydrogen-bond acceptors (Lipinski definition) is 5. The summed E-state index contributed by atoms with van der Waals surface area (Å²) in [6, 6.07) is 18.3. The summed E-state index contributed by atoms with van der Waals surface area (Å²) < 4.78 is 10.4. The molecule has 1 N–H and O–H groups in total. The van der Waals surface area contributed by atoms with E-state index in [2.05, 4.69) is 10.5 Å². The molecule has 6 heteroatoms. The largest absolute Gasteiger partial charge is 0.458 e. The summed E-state index contributed by atoms with van der Waals surface area (Å²) in [4.78, 5) is 23.8. The molecule has 1 heterocycles. The van der Waals surface area contributed by atoms with Crippen LogP contribution in [0.1, 0.15) is 21.6 Å². The minimum Gasteiger partial charge on any atom is -0.458 e. The molecule has 0 aliphatic heterocycles. The Morgan fingerprint density at radius 1 is 1.08 bits per heavy atom. The highest BCUT2D eigenvalue weighted by atomic mass is 16.5. The molecule has 0 aliphatic carbocycles. The van der Waals surface area contributed by atoms with Crippen LogP contribution in [-0.4, -0.2) is 23.6 Å². The van der Waals surface area contributed by atoms with E-state index in [0.29, 0.717) is 17.0 Å². The second-order valence-electron chi connectivity index (χ2n) is 5.76. The van der Waals surface area contributed by atoms with Gasteiger partial charge in [-0.3, -0.25) is 9.59 Å². The summed E-state index contributed by atoms with van der Waals surface area (Å²) in [5.74, 6) is -0.266. The molecule has 0 atom stereocenters. The number of rotatable bonds is 6. The average molecular weight is 350 g/mol. The maximum atomic E-state index is 12.0. The summed E-state index contributed by atoms with van der Waals surface area (Å²) in [6.07, 6.45) is 0. The molecule has 0 unspecified atom stereocenters. The molecule has 0 fully saturated rings. The van der Waals surface area contributed by atoms with Crippen molar-refractivity contribution in [3.8, 4) is 11.3 Å². The van der Waals surface area contributed by atoms with E-state index >= 15 is 0 Å². The molecule has 132 valence electrons. The highest BCUT2D eigenvalue weighted by molar-refractivity contribution is 5.96. The van der Waals surface area contributed by atoms with Crippen molar-refractivity contribution >= 4 is 11.9 Å². The Hall–Kier alpha value is -3.41. The van der Waals surface area contributed by atoms with Crippen LogP contribution in [0.5, 0.6) is 0 Å². The van der Waals surface area contributed by atoms with E-state index in [-0.39, 0.29) is 19.1 Å². The van der Waals surface area contributed by atoms with Crippen molar-refractivity contribution in [2.75, 3.05) is 6.54 Å². The lowest BCUT2D eigenvalue weighted by atomic mass is 10.1. The fourth-order valence-electron chi connectivity index (χ4n) is 2.36. The van der Waals surface area contributed by atoms with Crippen molar-refractivity contribution in [2.45, 2.75) is 13.5 Å². The summed E-state index contributed by atoms with van der Waals surface area (Å²) in [5, 5.41) is 6.41. The van der Waals surface area contributed by atoms with Gasteiger partial charge in [0.2, 0.25) is 0 Å². The summed E-state index contributed by atoms with van der Waals surface area (Å²) in [6.45, 7) is 1.66. The van der Waals surface area contributed by atoms with E-state index in [1.807, 2.05) is 43.3 Å². The van der Waals surface area contributed by atoms with Gasteiger partial charge >= 0.3 is 5.97 Å². The zero-order chi connectivity index (χ0) is 18.4. The maximum absolute atomic E-state index is 12.0. The fraction of sp³-hybridized carbons (Fsp3) is 0.150. The van der Waals surface area contributed by atoms with Gasteiger partial charge in [-0.25, -0.2) is 0 Å². The first-order chi connectivity index (χ1) is 12.6. The molecule has 2 aromatic carbocycles. The van der Waals surface area contributed by atoms with E-state index < -0.39 is 5.97 Å². The third-order valence-electron chi connectivity index (χ3n) is 3.67. The minimum absolute atomic E-state index is 0.0184. The molecule has 0 spiro atoms. The van der Waals surface area contributed by atoms with Crippen molar-refractivity contribution in [2.24, 2.45) is 0 Å². The van der Waals surface area contributed by atoms with E-state index in [0.717, 1.165) is 11.1 Å². The number of carbonyl (C=O) groups is 2. The molecule has 3 rings (SSSR count). The Balaban J connectivity index is 1.47. The van der Waals surface area contributed by atoms with Crippen molar-refractivity contribution in [3.05, 3.63) is 77.5 Å². The summed E-state index contributed by atoms with van der Waals surface area (Å²) >= 11 is 0. The highest BCUT2D eigenvalue weighted by Crippen LogP contribution is 2.19. The number of nitrogens with zero attached hydrogens (tertiary/aromatic N) is 1. The molecule has 0 saturated heterocycles. The third kappa shape index (κ3) is 4.57. The van der Waals surface area contributed by atoms with Gasteiger partial charge in [0.1, 0.15) is 18.8 Å². The lowest BCUT2D eigenvalue weighted by Crippen LogP contribution is -2.30. The standard InChI is InChI=1S/C20H18N2O4/c1-14-6-5-9-16(10-14)20(24)21-12-19(23)25-13-17-11-18(26-22-17)15-7-3-2-4-8-15/h2-11H,12-13H2,1H3,(H,21,24). The topological polar surface area (TPSA) is 81.4 Å². The number of carbonyl (C=O) groups excluding carboxylic acids is 2. The number of aryl methyl sites for hydroxylation is 1. The van der Waals surface area contributed by atoms with Crippen LogP contribution in [-0.2, 0) is 16.1 Å². The van der Waals surface area contributed by atoms with Gasteiger partial charge in [-0.1, -0.05) is 53.2 Å². The fourth-order valence-corrected chi connectivity index (χ4v) is 2.36. The normalized spacial score (nSPS) is 10.3. The first kappa shape index (κ1) is 17.4. The van der Waals surface area contributed by atoms with E-state index in [9.17, 15) is 9.59 Å². The van der Waals surface area contributed by atoms with Gasteiger partial charge in [0.25, 0.3) is 5.91 Å². The number of amides is 1. The first-order valence-corrected chi connectivity index (χ1v) is 8.13. The lowest BCUT2D eigenvalue weighted by Gasteiger charge is -2.06. The first-order valence-electron chi connectivity index (χ1n) is 8.13. The molecule has 0 aliphatic rings. The summed E-state index contributed by atoms with van der Waals surface area (Å²) in [7, 11) is 0. The monoisotopic (exact) mass is 350 g/mol. The van der Waals surface area contributed by atoms with Crippen molar-refractivity contribution in [1.29, 1.82) is 0 Å². The Morgan fingerprint density at radius 2 is 1.88 bits per heavy atom. The lowest BCUT2D eigenvalue weighted by molar-refractivity contribution is -0.143. The molecule has 1 amide bonds. The highest BCUT2D eigenvalue weighted by Gasteiger charge is 2.11. The van der Waals surface area contributed by atoms with Crippen LogP contribution in [0.15, 0.2) is 65.2 Å². The minimum atomic E-state index is -0.546. The molecule has 26 heavy (non-hydrogen) atoms. The van der Waals surface area contributed by atoms with Gasteiger partial charge in [-0.15, -0.1) is 0 Å². The quantitative estimate of drug-likeness (QED) is 0.691. The number of hydrogen-bond donors (Lipinski definition) is 1. The van der Waals surface area contributed by atoms with Crippen LogP contribution in [0.3, 0.4) is 0 Å². The molecule has 0 radical (unpaired) electrons. The number of nitrogens with one attached hydrogen (secondary N) is 1. The number of benzene rings is 2. The predicted molar refractivity (Wildman–Crippen MR) is 95.2 cm³/mol. The Kier molecular flexibility index (Phi) is 5.43. The molecular weight excluding hydrogens is 332 g/mol. The number of esters is 1. The van der Waals surface area contributed by atoms with E-state index in [4.69, 9.17) is 9.26 Å². The van der Waals surface area contributed by atoms with Crippen LogP contribution < -0.4 is 5.32 Å². The van der Waals surface area contributed by atoms with E-state index in [1.54, 1.807) is 24.3 Å². The Morgan fingerprint density at radius 3 is 2.65 bits per heavy atom. The number of aromatic nitrogens is 1. The van der Waals surface area contributed by atoms with Crippen LogP contribution in [0.4, 0.5) is 0 Å². The SMILES string of the molecule is Cc1cccc(C(=O)NCC(=O)OCc2cc(-c3ccccc3)on2)c1. The zero-order valence-electron chi connectivity index (χ0n) is 14.3. The molecule has 1 aromatic heterocycles. The van der Waals surface area contributed by atoms with Gasteiger partial charge in [-0.05, 0) is 19.1 Å². The smallest absolute Gasteiger partial charge is 0.325 e. The second-order valence-corrected chi connectivity index (χ2v) is 5.76. The Labute approximate surface area is 150 Å². The van der Waals surface area contributed by atoms with Gasteiger partial charge < -0.3 is 14.6 Å². The Bertz CT molecular complexity index is 903. The van der Waals surface area contributed by atoms with Crippen molar-refractivity contribution < 1.29 is 18.8 Å². The van der Waals surface area contributed by atoms with Gasteiger partial charge in [0.05, 0.1) is 0 Å². The molecule has 0 bridgehead atoms. The summed E-state index contributed by atoms with van der Waals surface area (Å²) in [5.41, 5.74) is 2.87. The third-order valence-corrected chi connectivity index (χ3v) is 3.67. The zero-order valence-corrected chi connectivity index (χ0v) is 14.3. The molecule has 6 nitrogen and oxygen atoms in total. The van der Waals surface area contributed by atoms with Gasteiger partial charge in [-0.2, -0.15) is 0 Å². The average Bonchev–Trinajstić information content (AvgIpc) is 3.14.